The molecule has 0 aromatic carbocycles. The van der Waals surface area contributed by atoms with Gasteiger partial charge in [-0.25, -0.2) is 0 Å². The van der Waals surface area contributed by atoms with Gasteiger partial charge in [-0.15, -0.1) is 0 Å². The van der Waals surface area contributed by atoms with Gasteiger partial charge < -0.3 is 95.8 Å². The minimum Gasteiger partial charge on any atom is -0.389 e. The molecule has 66 heavy (non-hydrogen) atoms. The molecule has 0 bridgehead atoms. The maximum absolute atomic E-state index is 12.5. The Morgan fingerprint density at radius 3 is 0.788 bits per heavy atom. The second kappa shape index (κ2) is 39.2. The van der Waals surface area contributed by atoms with Crippen LogP contribution in [0.3, 0.4) is 0 Å². The van der Waals surface area contributed by atoms with Gasteiger partial charge in [0.25, 0.3) is 0 Å². The number of hydrogen-bond acceptors (Lipinski definition) is 21. The van der Waals surface area contributed by atoms with Crippen molar-refractivity contribution in [2.24, 2.45) is 39.8 Å². The SMILES string of the molecule is CCC(COCC(O)CN(CC(=O)NCCN)CC(=O)NCCN)(COCC(O)CN(CC(=O)NCCN)CC(=O)NCCN)COCC(O)CN(CC(=O)NCCN)CC(=O)NCCN. The van der Waals surface area contributed by atoms with Crippen LogP contribution in [0.2, 0.25) is 0 Å². The molecule has 3 unspecified atom stereocenters. The number of amides is 6. The second-order valence-corrected chi connectivity index (χ2v) is 15.7. The van der Waals surface area contributed by atoms with Gasteiger partial charge in [0.1, 0.15) is 0 Å². The van der Waals surface area contributed by atoms with Crippen molar-refractivity contribution in [1.29, 1.82) is 0 Å². The Bertz CT molecular complexity index is 1130. The van der Waals surface area contributed by atoms with Crippen LogP contribution in [-0.2, 0) is 43.0 Å². The molecular formula is C39H83N15O12. The molecule has 0 aromatic heterocycles. The Labute approximate surface area is 388 Å². The lowest BCUT2D eigenvalue weighted by molar-refractivity contribution is -0.127. The van der Waals surface area contributed by atoms with E-state index in [9.17, 15) is 44.1 Å². The molecule has 0 heterocycles. The first-order chi connectivity index (χ1) is 31.6. The molecule has 0 saturated carbocycles. The minimum atomic E-state index is -1.17. The number of nitrogens with one attached hydrogen (secondary N) is 6. The zero-order valence-corrected chi connectivity index (χ0v) is 38.9. The third kappa shape index (κ3) is 32.8. The highest BCUT2D eigenvalue weighted by Gasteiger charge is 2.32. The van der Waals surface area contributed by atoms with Crippen molar-refractivity contribution in [3.8, 4) is 0 Å². The molecule has 0 radical (unpaired) electrons. The molecule has 27 heteroatoms. The lowest BCUT2D eigenvalue weighted by Crippen LogP contribution is -2.48. The van der Waals surface area contributed by atoms with E-state index in [1.807, 2.05) is 6.92 Å². The first-order valence-corrected chi connectivity index (χ1v) is 22.3. The van der Waals surface area contributed by atoms with E-state index in [2.05, 4.69) is 31.9 Å². The van der Waals surface area contributed by atoms with Crippen molar-refractivity contribution in [2.45, 2.75) is 31.7 Å². The number of aliphatic hydroxyl groups excluding tert-OH is 3. The summed E-state index contributed by atoms with van der Waals surface area (Å²) >= 11 is 0. The molecule has 0 aliphatic heterocycles. The number of hydrogen-bond donors (Lipinski definition) is 15. The molecule has 6 amide bonds. The maximum Gasteiger partial charge on any atom is 0.234 e. The fraction of sp³-hybridized carbons (Fsp3) is 0.846. The average Bonchev–Trinajstić information content (AvgIpc) is 3.26. The molecule has 0 aromatic rings. The van der Waals surface area contributed by atoms with E-state index in [4.69, 9.17) is 48.6 Å². The smallest absolute Gasteiger partial charge is 0.234 e. The van der Waals surface area contributed by atoms with Gasteiger partial charge in [0.05, 0.1) is 97.2 Å². The number of carbonyl (C=O) groups excluding carboxylic acids is 6. The van der Waals surface area contributed by atoms with Gasteiger partial charge in [0, 0.05) is 104 Å². The normalized spacial score (nSPS) is 13.8. The maximum atomic E-state index is 12.5. The quantitative estimate of drug-likeness (QED) is 0.0270. The third-order valence-electron chi connectivity index (χ3n) is 9.31. The molecule has 0 saturated heterocycles. The summed E-state index contributed by atoms with van der Waals surface area (Å²) in [7, 11) is 0. The van der Waals surface area contributed by atoms with Crippen LogP contribution in [0.1, 0.15) is 13.3 Å². The third-order valence-corrected chi connectivity index (χ3v) is 9.31. The molecule has 0 fully saturated rings. The fourth-order valence-electron chi connectivity index (χ4n) is 6.10. The monoisotopic (exact) mass is 954 g/mol. The van der Waals surface area contributed by atoms with E-state index in [0.717, 1.165) is 0 Å². The number of rotatable bonds is 43. The van der Waals surface area contributed by atoms with Crippen LogP contribution in [0, 0.1) is 5.41 Å². The van der Waals surface area contributed by atoms with Crippen LogP contribution in [0.15, 0.2) is 0 Å². The largest absolute Gasteiger partial charge is 0.389 e. The van der Waals surface area contributed by atoms with Crippen LogP contribution >= 0.6 is 0 Å². The van der Waals surface area contributed by atoms with Crippen LogP contribution in [0.25, 0.3) is 0 Å². The predicted octanol–water partition coefficient (Wildman–Crippen LogP) is -10.1. The van der Waals surface area contributed by atoms with E-state index in [0.29, 0.717) is 6.42 Å². The molecule has 0 spiro atoms. The fourth-order valence-corrected chi connectivity index (χ4v) is 6.10. The van der Waals surface area contributed by atoms with Gasteiger partial charge >= 0.3 is 0 Å². The van der Waals surface area contributed by atoms with E-state index in [1.54, 1.807) is 0 Å². The van der Waals surface area contributed by atoms with Gasteiger partial charge in [-0.2, -0.15) is 0 Å². The minimum absolute atomic E-state index is 0.0652. The summed E-state index contributed by atoms with van der Waals surface area (Å²) in [6, 6.07) is 0. The Morgan fingerprint density at radius 1 is 0.424 bits per heavy atom. The summed E-state index contributed by atoms with van der Waals surface area (Å²) in [5, 5.41) is 48.9. The van der Waals surface area contributed by atoms with Crippen molar-refractivity contribution < 1.29 is 58.3 Å². The molecule has 21 N–H and O–H groups in total. The van der Waals surface area contributed by atoms with Gasteiger partial charge in [-0.05, 0) is 6.42 Å². The van der Waals surface area contributed by atoms with Gasteiger partial charge in [0.2, 0.25) is 35.4 Å². The van der Waals surface area contributed by atoms with Crippen LogP contribution in [0.4, 0.5) is 0 Å². The van der Waals surface area contributed by atoms with Crippen LogP contribution in [-0.4, -0.2) is 261 Å². The summed E-state index contributed by atoms with van der Waals surface area (Å²) in [4.78, 5) is 79.4. The van der Waals surface area contributed by atoms with E-state index in [-0.39, 0.29) is 177 Å². The molecule has 0 aliphatic rings. The van der Waals surface area contributed by atoms with Crippen molar-refractivity contribution >= 4 is 35.4 Å². The van der Waals surface area contributed by atoms with E-state index >= 15 is 0 Å². The van der Waals surface area contributed by atoms with Crippen molar-refractivity contribution in [3.05, 3.63) is 0 Å². The summed E-state index contributed by atoms with van der Waals surface area (Å²) < 4.78 is 18.0. The number of nitrogens with two attached hydrogens (primary N) is 6. The highest BCUT2D eigenvalue weighted by atomic mass is 16.5. The summed E-state index contributed by atoms with van der Waals surface area (Å²) in [6.07, 6.45) is -3.13. The van der Waals surface area contributed by atoms with E-state index < -0.39 is 59.2 Å². The van der Waals surface area contributed by atoms with E-state index in [1.165, 1.54) is 14.7 Å². The first-order valence-electron chi connectivity index (χ1n) is 22.3. The van der Waals surface area contributed by atoms with Crippen LogP contribution < -0.4 is 66.3 Å². The molecule has 27 nitrogen and oxygen atoms in total. The molecule has 386 valence electrons. The standard InChI is InChI=1S/C39H83N15O12/c1-2-39(27-64-24-30(55)15-52(18-33(58)46-9-3-40)19-34(59)47-10-4-41,28-65-25-31(56)16-53(20-35(60)48-11-5-42)21-36(61)49-12-6-43)29-66-26-32(57)17-54(22-37(62)50-13-7-44)23-38(63)51-14-8-45/h30-32,55-57H,2-29,40-45H2,1H3,(H,46,58)(H,47,59)(H,48,60)(H,49,61)(H,50,62)(H,51,63). The number of aliphatic hydroxyl groups is 3. The summed E-state index contributed by atoms with van der Waals surface area (Å²) in [5.74, 6) is -2.39. The van der Waals surface area contributed by atoms with Crippen molar-refractivity contribution in [2.75, 3.05) is 177 Å². The molecule has 0 rings (SSSR count). The predicted molar refractivity (Wildman–Crippen MR) is 245 cm³/mol. The Hall–Kier alpha value is -3.78. The number of ether oxygens (including phenoxy) is 3. The highest BCUT2D eigenvalue weighted by Crippen LogP contribution is 2.25. The Kier molecular flexibility index (Phi) is 37.0. The average molecular weight is 954 g/mol. The van der Waals surface area contributed by atoms with Crippen molar-refractivity contribution in [3.63, 3.8) is 0 Å². The lowest BCUT2D eigenvalue weighted by atomic mass is 9.88. The number of nitrogens with zero attached hydrogens (tertiary/aromatic N) is 3. The van der Waals surface area contributed by atoms with Gasteiger partial charge in [-0.1, -0.05) is 6.92 Å². The molecule has 0 aliphatic carbocycles. The summed E-state index contributed by atoms with van der Waals surface area (Å²) in [6.45, 7) is 1.97. The first kappa shape index (κ1) is 62.2. The highest BCUT2D eigenvalue weighted by molar-refractivity contribution is 5.82. The van der Waals surface area contributed by atoms with Gasteiger partial charge in [0.15, 0.2) is 0 Å². The Morgan fingerprint density at radius 2 is 0.621 bits per heavy atom. The van der Waals surface area contributed by atoms with Crippen molar-refractivity contribution in [1.82, 2.24) is 46.6 Å². The molecular weight excluding hydrogens is 871 g/mol. The second-order valence-electron chi connectivity index (χ2n) is 15.7. The van der Waals surface area contributed by atoms with Crippen LogP contribution in [0.5, 0.6) is 0 Å². The lowest BCUT2D eigenvalue weighted by Gasteiger charge is -2.34. The number of carbonyl (C=O) groups is 6. The zero-order chi connectivity index (χ0) is 49.6. The van der Waals surface area contributed by atoms with Gasteiger partial charge in [-0.3, -0.25) is 43.5 Å². The summed E-state index contributed by atoms with van der Waals surface area (Å²) in [5.41, 5.74) is 32.0. The molecule has 3 atom stereocenters. The Balaban J connectivity index is 6.09. The zero-order valence-electron chi connectivity index (χ0n) is 38.9. The topological polar surface area (TPSA) is 429 Å².